The molecule has 0 unspecified atom stereocenters. The van der Waals surface area contributed by atoms with Gasteiger partial charge in [0, 0.05) is 31.6 Å². The standard InChI is InChI=1S/C25H28F3N3OS/c1-4-31(5-2)24(32)22-17-33-23(29-22)16-30(14-19-11-9-18(3)10-12-19)15-20-7-6-8-21(13-20)25(26,27)28/h6-13,17H,4-5,14-16H2,1-3H3. The average molecular weight is 476 g/mol. The van der Waals surface area contributed by atoms with E-state index >= 15 is 0 Å². The summed E-state index contributed by atoms with van der Waals surface area (Å²) in [4.78, 5) is 20.9. The Bertz CT molecular complexity index is 1060. The number of nitrogens with zero attached hydrogens (tertiary/aromatic N) is 3. The first-order valence-electron chi connectivity index (χ1n) is 10.9. The van der Waals surface area contributed by atoms with Crippen molar-refractivity contribution in [2.45, 2.75) is 46.6 Å². The van der Waals surface area contributed by atoms with Crippen LogP contribution in [0.1, 0.15) is 51.6 Å². The number of alkyl halides is 3. The molecule has 0 bridgehead atoms. The highest BCUT2D eigenvalue weighted by molar-refractivity contribution is 7.09. The number of halogens is 3. The number of thiazole rings is 1. The van der Waals surface area contributed by atoms with E-state index in [1.54, 1.807) is 16.3 Å². The zero-order valence-corrected chi connectivity index (χ0v) is 19.8. The molecule has 1 aromatic heterocycles. The molecule has 0 fully saturated rings. The lowest BCUT2D eigenvalue weighted by Crippen LogP contribution is -2.30. The Balaban J connectivity index is 1.82. The quantitative estimate of drug-likeness (QED) is 0.372. The fourth-order valence-electron chi connectivity index (χ4n) is 3.57. The highest BCUT2D eigenvalue weighted by Crippen LogP contribution is 2.30. The lowest BCUT2D eigenvalue weighted by atomic mass is 10.1. The smallest absolute Gasteiger partial charge is 0.338 e. The van der Waals surface area contributed by atoms with Crippen molar-refractivity contribution in [2.24, 2.45) is 0 Å². The second-order valence-corrected chi connectivity index (χ2v) is 8.88. The van der Waals surface area contributed by atoms with Gasteiger partial charge in [-0.3, -0.25) is 9.69 Å². The van der Waals surface area contributed by atoms with Gasteiger partial charge in [-0.1, -0.05) is 48.0 Å². The molecule has 0 aliphatic carbocycles. The third kappa shape index (κ3) is 6.88. The summed E-state index contributed by atoms with van der Waals surface area (Å²) in [6, 6.07) is 13.5. The minimum Gasteiger partial charge on any atom is -0.338 e. The van der Waals surface area contributed by atoms with Crippen LogP contribution in [-0.2, 0) is 25.8 Å². The van der Waals surface area contributed by atoms with E-state index in [1.165, 1.54) is 23.5 Å². The summed E-state index contributed by atoms with van der Waals surface area (Å²) in [5.74, 6) is -0.106. The van der Waals surface area contributed by atoms with Gasteiger partial charge in [0.05, 0.1) is 12.1 Å². The van der Waals surface area contributed by atoms with Crippen LogP contribution < -0.4 is 0 Å². The van der Waals surface area contributed by atoms with Crippen LogP contribution in [0.2, 0.25) is 0 Å². The minimum absolute atomic E-state index is 0.106. The maximum atomic E-state index is 13.2. The van der Waals surface area contributed by atoms with Gasteiger partial charge in [0.1, 0.15) is 10.7 Å². The maximum Gasteiger partial charge on any atom is 0.416 e. The Labute approximate surface area is 196 Å². The number of carbonyl (C=O) groups excluding carboxylic acids is 1. The van der Waals surface area contributed by atoms with E-state index in [2.05, 4.69) is 4.98 Å². The summed E-state index contributed by atoms with van der Waals surface area (Å²) in [5.41, 5.74) is 2.53. The number of hydrogen-bond donors (Lipinski definition) is 0. The largest absolute Gasteiger partial charge is 0.416 e. The summed E-state index contributed by atoms with van der Waals surface area (Å²) in [6.07, 6.45) is -4.38. The summed E-state index contributed by atoms with van der Waals surface area (Å²) in [7, 11) is 0. The first-order chi connectivity index (χ1) is 15.7. The molecule has 0 radical (unpaired) electrons. The Kier molecular flexibility index (Phi) is 8.26. The van der Waals surface area contributed by atoms with Gasteiger partial charge in [-0.2, -0.15) is 13.2 Å². The van der Waals surface area contributed by atoms with Crippen molar-refractivity contribution < 1.29 is 18.0 Å². The summed E-state index contributed by atoms with van der Waals surface area (Å²) < 4.78 is 39.5. The third-order valence-corrected chi connectivity index (χ3v) is 6.20. The molecule has 2 aromatic carbocycles. The van der Waals surface area contributed by atoms with Gasteiger partial charge in [-0.15, -0.1) is 11.3 Å². The van der Waals surface area contributed by atoms with E-state index in [9.17, 15) is 18.0 Å². The van der Waals surface area contributed by atoms with E-state index in [0.717, 1.165) is 22.2 Å². The van der Waals surface area contributed by atoms with Gasteiger partial charge in [0.2, 0.25) is 0 Å². The van der Waals surface area contributed by atoms with Crippen LogP contribution in [0.25, 0.3) is 0 Å². The lowest BCUT2D eigenvalue weighted by Gasteiger charge is -2.22. The predicted molar refractivity (Wildman–Crippen MR) is 125 cm³/mol. The fraction of sp³-hybridized carbons (Fsp3) is 0.360. The van der Waals surface area contributed by atoms with E-state index in [0.29, 0.717) is 44.0 Å². The molecule has 4 nitrogen and oxygen atoms in total. The molecule has 0 N–H and O–H groups in total. The predicted octanol–water partition coefficient (Wildman–Crippen LogP) is 6.15. The molecular formula is C25H28F3N3OS. The first kappa shape index (κ1) is 24.9. The van der Waals surface area contributed by atoms with E-state index in [1.807, 2.05) is 49.9 Å². The Hall–Kier alpha value is -2.71. The van der Waals surface area contributed by atoms with Gasteiger partial charge in [0.15, 0.2) is 0 Å². The fourth-order valence-corrected chi connectivity index (χ4v) is 4.38. The molecule has 0 aliphatic heterocycles. The van der Waals surface area contributed by atoms with Gasteiger partial charge in [0.25, 0.3) is 5.91 Å². The third-order valence-electron chi connectivity index (χ3n) is 5.37. The average Bonchev–Trinajstić information content (AvgIpc) is 3.24. The highest BCUT2D eigenvalue weighted by Gasteiger charge is 2.30. The Morgan fingerprint density at radius 2 is 1.64 bits per heavy atom. The highest BCUT2D eigenvalue weighted by atomic mass is 32.1. The molecular weight excluding hydrogens is 447 g/mol. The number of rotatable bonds is 9. The van der Waals surface area contributed by atoms with Crippen molar-refractivity contribution in [1.29, 1.82) is 0 Å². The van der Waals surface area contributed by atoms with Crippen molar-refractivity contribution in [3.63, 3.8) is 0 Å². The maximum absolute atomic E-state index is 13.2. The van der Waals surface area contributed by atoms with Gasteiger partial charge >= 0.3 is 6.18 Å². The van der Waals surface area contributed by atoms with E-state index in [4.69, 9.17) is 0 Å². The second-order valence-electron chi connectivity index (χ2n) is 7.93. The summed E-state index contributed by atoms with van der Waals surface area (Å²) in [5, 5.41) is 2.51. The lowest BCUT2D eigenvalue weighted by molar-refractivity contribution is -0.137. The Morgan fingerprint density at radius 1 is 0.970 bits per heavy atom. The minimum atomic E-state index is -4.38. The monoisotopic (exact) mass is 475 g/mol. The van der Waals surface area contributed by atoms with Crippen LogP contribution in [0.5, 0.6) is 0 Å². The van der Waals surface area contributed by atoms with E-state index < -0.39 is 11.7 Å². The molecule has 0 saturated heterocycles. The molecule has 0 aliphatic rings. The zero-order valence-electron chi connectivity index (χ0n) is 19.0. The number of aryl methyl sites for hydroxylation is 1. The topological polar surface area (TPSA) is 36.4 Å². The van der Waals surface area contributed by atoms with E-state index in [-0.39, 0.29) is 5.91 Å². The number of carbonyl (C=O) groups is 1. The zero-order chi connectivity index (χ0) is 24.0. The molecule has 1 amide bonds. The summed E-state index contributed by atoms with van der Waals surface area (Å²) in [6.45, 7) is 8.38. The molecule has 0 atom stereocenters. The second kappa shape index (κ2) is 10.9. The molecule has 33 heavy (non-hydrogen) atoms. The Morgan fingerprint density at radius 3 is 2.27 bits per heavy atom. The van der Waals surface area contributed by atoms with Crippen LogP contribution in [0, 0.1) is 6.92 Å². The normalized spacial score (nSPS) is 11.7. The number of hydrogen-bond acceptors (Lipinski definition) is 4. The van der Waals surface area contributed by atoms with Crippen LogP contribution in [0.15, 0.2) is 53.9 Å². The molecule has 1 heterocycles. The van der Waals surface area contributed by atoms with Crippen molar-refractivity contribution >= 4 is 17.2 Å². The van der Waals surface area contributed by atoms with Crippen molar-refractivity contribution in [3.8, 4) is 0 Å². The molecule has 3 rings (SSSR count). The van der Waals surface area contributed by atoms with Crippen LogP contribution in [-0.4, -0.2) is 33.8 Å². The van der Waals surface area contributed by atoms with Crippen molar-refractivity contribution in [3.05, 3.63) is 86.9 Å². The molecule has 8 heteroatoms. The van der Waals surface area contributed by atoms with Crippen LogP contribution in [0.3, 0.4) is 0 Å². The van der Waals surface area contributed by atoms with Crippen LogP contribution >= 0.6 is 11.3 Å². The van der Waals surface area contributed by atoms with Crippen molar-refractivity contribution in [1.82, 2.24) is 14.8 Å². The molecule has 176 valence electrons. The first-order valence-corrected chi connectivity index (χ1v) is 11.7. The molecule has 3 aromatic rings. The van der Waals surface area contributed by atoms with Gasteiger partial charge < -0.3 is 4.90 Å². The SMILES string of the molecule is CCN(CC)C(=O)c1csc(CN(Cc2ccc(C)cc2)Cc2cccc(C(F)(F)F)c2)n1. The van der Waals surface area contributed by atoms with Crippen molar-refractivity contribution in [2.75, 3.05) is 13.1 Å². The molecule has 0 spiro atoms. The number of amides is 1. The van der Waals surface area contributed by atoms with Crippen LogP contribution in [0.4, 0.5) is 13.2 Å². The number of benzene rings is 2. The molecule has 0 saturated carbocycles. The summed E-state index contributed by atoms with van der Waals surface area (Å²) >= 11 is 1.40. The van der Waals surface area contributed by atoms with Gasteiger partial charge in [-0.05, 0) is 38.0 Å². The number of aromatic nitrogens is 1. The van der Waals surface area contributed by atoms with Gasteiger partial charge in [-0.25, -0.2) is 4.98 Å².